The van der Waals surface area contributed by atoms with Crippen LogP contribution in [0.5, 0.6) is 11.5 Å². The monoisotopic (exact) mass is 556 g/mol. The van der Waals surface area contributed by atoms with Crippen LogP contribution in [0.1, 0.15) is 56.6 Å². The maximum Gasteiger partial charge on any atom is 0.284 e. The van der Waals surface area contributed by atoms with Gasteiger partial charge >= 0.3 is 0 Å². The number of hydrogen-bond donors (Lipinski definition) is 0. The van der Waals surface area contributed by atoms with Gasteiger partial charge in [0.2, 0.25) is 0 Å². The van der Waals surface area contributed by atoms with E-state index in [1.54, 1.807) is 31.4 Å². The number of carbonyl (C=O) groups excluding carboxylic acids is 1. The van der Waals surface area contributed by atoms with E-state index in [2.05, 4.69) is 17.9 Å². The number of methoxy groups -OCH3 is 1. The molecule has 0 atom stereocenters. The molecule has 2 aromatic rings. The summed E-state index contributed by atoms with van der Waals surface area (Å²) in [7, 11) is -2.40. The average molecular weight is 557 g/mol. The molecule has 0 N–H and O–H groups in total. The Bertz CT molecular complexity index is 1280. The Morgan fingerprint density at radius 2 is 1.74 bits per heavy atom. The molecule has 9 heteroatoms. The number of carbonyl (C=O) groups is 1. The van der Waals surface area contributed by atoms with Crippen LogP contribution in [-0.4, -0.2) is 44.7 Å². The van der Waals surface area contributed by atoms with Crippen LogP contribution in [0.2, 0.25) is 0 Å². The Balaban J connectivity index is 1.80. The van der Waals surface area contributed by atoms with Gasteiger partial charge in [0.15, 0.2) is 16.7 Å². The normalized spacial score (nSPS) is 15.9. The second-order valence-electron chi connectivity index (χ2n) is 9.00. The number of thioether (sulfide) groups is 1. The van der Waals surface area contributed by atoms with E-state index in [1.165, 1.54) is 48.8 Å². The van der Waals surface area contributed by atoms with Crippen LogP contribution in [-0.2, 0) is 14.8 Å². The van der Waals surface area contributed by atoms with Gasteiger partial charge in [-0.05, 0) is 61.0 Å². The van der Waals surface area contributed by atoms with Crippen LogP contribution in [0.15, 0.2) is 69.3 Å². The summed E-state index contributed by atoms with van der Waals surface area (Å²) in [5.41, 5.74) is 1.68. The summed E-state index contributed by atoms with van der Waals surface area (Å²) in [6, 6.07) is 11.9. The van der Waals surface area contributed by atoms with Gasteiger partial charge in [-0.3, -0.25) is 9.69 Å². The molecule has 0 radical (unpaired) electrons. The Labute approximate surface area is 230 Å². The van der Waals surface area contributed by atoms with Gasteiger partial charge in [0, 0.05) is 6.54 Å². The molecule has 0 saturated carbocycles. The summed E-state index contributed by atoms with van der Waals surface area (Å²) >= 11 is 1.02. The first-order valence-corrected chi connectivity index (χ1v) is 15.1. The van der Waals surface area contributed by atoms with Crippen molar-refractivity contribution in [1.29, 1.82) is 0 Å². The van der Waals surface area contributed by atoms with E-state index in [-0.39, 0.29) is 22.5 Å². The van der Waals surface area contributed by atoms with Crippen molar-refractivity contribution in [2.75, 3.05) is 20.3 Å². The fraction of sp³-hybridized carbons (Fsp3) is 0.379. The predicted molar refractivity (Wildman–Crippen MR) is 155 cm³/mol. The maximum atomic E-state index is 13.2. The first-order valence-electron chi connectivity index (χ1n) is 12.8. The summed E-state index contributed by atoms with van der Waals surface area (Å²) in [6.45, 7) is 8.49. The lowest BCUT2D eigenvalue weighted by Gasteiger charge is -2.12. The lowest BCUT2D eigenvalue weighted by molar-refractivity contribution is -0.121. The number of amides is 1. The minimum Gasteiger partial charge on any atom is -0.493 e. The quantitative estimate of drug-likeness (QED) is 0.148. The molecule has 7 nitrogen and oxygen atoms in total. The number of aryl methyl sites for hydroxylation is 1. The van der Waals surface area contributed by atoms with Gasteiger partial charge in [-0.2, -0.15) is 8.42 Å². The van der Waals surface area contributed by atoms with Crippen LogP contribution in [0.4, 0.5) is 0 Å². The number of rotatable bonds is 14. The lowest BCUT2D eigenvalue weighted by Crippen LogP contribution is -2.29. The summed E-state index contributed by atoms with van der Waals surface area (Å²) in [5.74, 6) is 0.881. The standard InChI is InChI=1S/C29H36N2O5S2/c1-5-7-8-9-10-11-19-36-26-20-23(14-17-25(26)35-4)21-27-28(32)31(18-6-2)29(37-27)30-38(33,34)24-15-12-22(3)13-16-24/h6,12-17,20-21H,2,5,7-11,18-19H2,1,3-4H3/b27-21-,30-29?. The molecular formula is C29H36N2O5S2. The van der Waals surface area contributed by atoms with Gasteiger partial charge in [0.25, 0.3) is 15.9 Å². The first-order chi connectivity index (χ1) is 18.3. The van der Waals surface area contributed by atoms with Gasteiger partial charge in [-0.15, -0.1) is 11.0 Å². The second-order valence-corrected chi connectivity index (χ2v) is 11.6. The topological polar surface area (TPSA) is 85.3 Å². The van der Waals surface area contributed by atoms with E-state index in [0.29, 0.717) is 23.0 Å². The summed E-state index contributed by atoms with van der Waals surface area (Å²) < 4.78 is 41.3. The van der Waals surface area contributed by atoms with Gasteiger partial charge in [-0.25, -0.2) is 0 Å². The van der Waals surface area contributed by atoms with E-state index >= 15 is 0 Å². The summed E-state index contributed by atoms with van der Waals surface area (Å²) in [4.78, 5) is 14.9. The molecule has 0 spiro atoms. The zero-order chi connectivity index (χ0) is 27.5. The third kappa shape index (κ3) is 7.98. The van der Waals surface area contributed by atoms with Crippen molar-refractivity contribution < 1.29 is 22.7 Å². The van der Waals surface area contributed by atoms with Crippen LogP contribution in [0.25, 0.3) is 6.08 Å². The molecule has 1 fully saturated rings. The van der Waals surface area contributed by atoms with E-state index in [9.17, 15) is 13.2 Å². The van der Waals surface area contributed by atoms with Crippen molar-refractivity contribution in [3.63, 3.8) is 0 Å². The fourth-order valence-corrected chi connectivity index (χ4v) is 6.03. The number of unbranched alkanes of at least 4 members (excludes halogenated alkanes) is 5. The molecule has 0 aliphatic carbocycles. The highest BCUT2D eigenvalue weighted by molar-refractivity contribution is 8.19. The zero-order valence-electron chi connectivity index (χ0n) is 22.3. The predicted octanol–water partition coefficient (Wildman–Crippen LogP) is 6.59. The average Bonchev–Trinajstić information content (AvgIpc) is 3.17. The van der Waals surface area contributed by atoms with Crippen molar-refractivity contribution in [1.82, 2.24) is 4.90 Å². The molecule has 1 heterocycles. The largest absolute Gasteiger partial charge is 0.493 e. The fourth-order valence-electron chi connectivity index (χ4n) is 3.84. The number of benzene rings is 2. The molecular weight excluding hydrogens is 520 g/mol. The third-order valence-corrected chi connectivity index (χ3v) is 8.36. The van der Waals surface area contributed by atoms with Gasteiger partial charge < -0.3 is 9.47 Å². The Morgan fingerprint density at radius 1 is 1.03 bits per heavy atom. The molecule has 38 heavy (non-hydrogen) atoms. The molecule has 3 rings (SSSR count). The molecule has 2 aromatic carbocycles. The van der Waals surface area contributed by atoms with E-state index < -0.39 is 10.0 Å². The summed E-state index contributed by atoms with van der Waals surface area (Å²) in [5, 5.41) is 0.0924. The Kier molecular flexibility index (Phi) is 11.0. The first kappa shape index (κ1) is 29.5. The number of sulfonamides is 1. The number of nitrogens with zero attached hydrogens (tertiary/aromatic N) is 2. The molecule has 1 amide bonds. The van der Waals surface area contributed by atoms with Crippen LogP contribution < -0.4 is 9.47 Å². The summed E-state index contributed by atoms with van der Waals surface area (Å²) in [6.07, 6.45) is 10.2. The Hall–Kier alpha value is -3.04. The second kappa shape index (κ2) is 14.2. The minimum absolute atomic E-state index is 0.0712. The number of ether oxygens (including phenoxy) is 2. The molecule has 0 bridgehead atoms. The molecule has 1 aliphatic rings. The minimum atomic E-state index is -3.99. The highest BCUT2D eigenvalue weighted by Gasteiger charge is 2.34. The van der Waals surface area contributed by atoms with Gasteiger partial charge in [-0.1, -0.05) is 68.9 Å². The highest BCUT2D eigenvalue weighted by atomic mass is 32.2. The van der Waals surface area contributed by atoms with Gasteiger partial charge in [0.05, 0.1) is 23.5 Å². The molecule has 1 aliphatic heterocycles. The molecule has 1 saturated heterocycles. The van der Waals surface area contributed by atoms with Crippen molar-refractivity contribution in [2.45, 2.75) is 57.3 Å². The third-order valence-electron chi connectivity index (χ3n) is 5.96. The van der Waals surface area contributed by atoms with E-state index in [1.807, 2.05) is 19.1 Å². The van der Waals surface area contributed by atoms with Crippen molar-refractivity contribution >= 4 is 38.9 Å². The smallest absolute Gasteiger partial charge is 0.284 e. The van der Waals surface area contributed by atoms with E-state index in [0.717, 1.165) is 35.7 Å². The SMILES string of the molecule is C=CCN1C(=O)/C(=C/c2ccc(OC)c(OCCCCCCCC)c2)SC1=NS(=O)(=O)c1ccc(C)cc1. The van der Waals surface area contributed by atoms with Crippen LogP contribution in [0.3, 0.4) is 0 Å². The van der Waals surface area contributed by atoms with Crippen LogP contribution >= 0.6 is 11.8 Å². The zero-order valence-corrected chi connectivity index (χ0v) is 23.9. The molecule has 204 valence electrons. The maximum absolute atomic E-state index is 13.2. The lowest BCUT2D eigenvalue weighted by atomic mass is 10.1. The highest BCUT2D eigenvalue weighted by Crippen LogP contribution is 2.35. The van der Waals surface area contributed by atoms with Crippen molar-refractivity contribution in [2.24, 2.45) is 4.40 Å². The van der Waals surface area contributed by atoms with Crippen molar-refractivity contribution in [3.05, 3.63) is 71.2 Å². The van der Waals surface area contributed by atoms with Crippen molar-refractivity contribution in [3.8, 4) is 11.5 Å². The number of amidine groups is 1. The molecule has 0 unspecified atom stereocenters. The van der Waals surface area contributed by atoms with Gasteiger partial charge in [0.1, 0.15) is 0 Å². The van der Waals surface area contributed by atoms with Crippen LogP contribution in [0, 0.1) is 6.92 Å². The Morgan fingerprint density at radius 3 is 2.42 bits per heavy atom. The van der Waals surface area contributed by atoms with E-state index in [4.69, 9.17) is 9.47 Å². The number of hydrogen-bond acceptors (Lipinski definition) is 6. The molecule has 0 aromatic heterocycles.